The topological polar surface area (TPSA) is 53.6 Å². The van der Waals surface area contributed by atoms with E-state index in [-0.39, 0.29) is 0 Å². The number of nitrogens with two attached hydrogens (primary N) is 1. The molecule has 86 valence electrons. The average molecular weight is 218 g/mol. The maximum atomic E-state index is 5.77. The number of aliphatic imine (C=N–C) groups is 1. The Morgan fingerprint density at radius 1 is 1.31 bits per heavy atom. The van der Waals surface area contributed by atoms with Crippen LogP contribution in [0.25, 0.3) is 0 Å². The quantitative estimate of drug-likeness (QED) is 0.599. The van der Waals surface area contributed by atoms with Crippen LogP contribution >= 0.6 is 0 Å². The SMILES string of the molecule is CN(C)c1ccc(NC(N)=NC2CC2)cc1. The van der Waals surface area contributed by atoms with Crippen molar-refractivity contribution < 1.29 is 0 Å². The predicted molar refractivity (Wildman–Crippen MR) is 69.0 cm³/mol. The van der Waals surface area contributed by atoms with Crippen LogP contribution in [0.15, 0.2) is 29.3 Å². The van der Waals surface area contributed by atoms with E-state index in [0.717, 1.165) is 5.69 Å². The van der Waals surface area contributed by atoms with Crippen molar-refractivity contribution in [3.8, 4) is 0 Å². The molecule has 0 spiro atoms. The van der Waals surface area contributed by atoms with Crippen molar-refractivity contribution in [3.63, 3.8) is 0 Å². The van der Waals surface area contributed by atoms with Crippen LogP contribution in [0, 0.1) is 0 Å². The molecule has 1 aliphatic rings. The van der Waals surface area contributed by atoms with Crippen molar-refractivity contribution in [1.82, 2.24) is 0 Å². The molecule has 0 unspecified atom stereocenters. The van der Waals surface area contributed by atoms with Gasteiger partial charge in [0.2, 0.25) is 0 Å². The average Bonchev–Trinajstić information content (AvgIpc) is 3.02. The van der Waals surface area contributed by atoms with Gasteiger partial charge in [0.05, 0.1) is 6.04 Å². The molecule has 2 rings (SSSR count). The summed E-state index contributed by atoms with van der Waals surface area (Å²) < 4.78 is 0. The fraction of sp³-hybridized carbons (Fsp3) is 0.417. The molecule has 0 atom stereocenters. The molecule has 0 amide bonds. The van der Waals surface area contributed by atoms with Gasteiger partial charge in [-0.2, -0.15) is 0 Å². The molecule has 0 saturated heterocycles. The highest BCUT2D eigenvalue weighted by atomic mass is 15.1. The lowest BCUT2D eigenvalue weighted by Gasteiger charge is -2.13. The molecule has 0 bridgehead atoms. The summed E-state index contributed by atoms with van der Waals surface area (Å²) in [5.41, 5.74) is 7.92. The van der Waals surface area contributed by atoms with Crippen LogP contribution in [-0.2, 0) is 0 Å². The molecule has 0 heterocycles. The van der Waals surface area contributed by atoms with Gasteiger partial charge in [0.1, 0.15) is 0 Å². The maximum Gasteiger partial charge on any atom is 0.193 e. The zero-order chi connectivity index (χ0) is 11.5. The Balaban J connectivity index is 1.98. The Morgan fingerprint density at radius 3 is 2.44 bits per heavy atom. The lowest BCUT2D eigenvalue weighted by atomic mass is 10.2. The fourth-order valence-electron chi connectivity index (χ4n) is 1.42. The van der Waals surface area contributed by atoms with E-state index in [2.05, 4.69) is 15.2 Å². The minimum atomic E-state index is 0.452. The van der Waals surface area contributed by atoms with Crippen molar-refractivity contribution in [2.75, 3.05) is 24.3 Å². The number of nitrogens with one attached hydrogen (secondary N) is 1. The summed E-state index contributed by atoms with van der Waals surface area (Å²) in [6.07, 6.45) is 2.34. The monoisotopic (exact) mass is 218 g/mol. The molecule has 1 fully saturated rings. The van der Waals surface area contributed by atoms with E-state index in [9.17, 15) is 0 Å². The van der Waals surface area contributed by atoms with Gasteiger partial charge in [0.15, 0.2) is 5.96 Å². The zero-order valence-corrected chi connectivity index (χ0v) is 9.77. The third-order valence-corrected chi connectivity index (χ3v) is 2.52. The lowest BCUT2D eigenvalue weighted by Crippen LogP contribution is -2.23. The molecule has 4 heteroatoms. The summed E-state index contributed by atoms with van der Waals surface area (Å²) in [5, 5.41) is 3.09. The van der Waals surface area contributed by atoms with Gasteiger partial charge >= 0.3 is 0 Å². The first-order chi connectivity index (χ1) is 7.65. The van der Waals surface area contributed by atoms with Crippen LogP contribution < -0.4 is 16.0 Å². The van der Waals surface area contributed by atoms with Crippen molar-refractivity contribution >= 4 is 17.3 Å². The first-order valence-corrected chi connectivity index (χ1v) is 5.53. The van der Waals surface area contributed by atoms with Gasteiger partial charge in [-0.1, -0.05) is 0 Å². The Morgan fingerprint density at radius 2 is 1.94 bits per heavy atom. The summed E-state index contributed by atoms with van der Waals surface area (Å²) >= 11 is 0. The van der Waals surface area contributed by atoms with Crippen LogP contribution in [0.1, 0.15) is 12.8 Å². The first kappa shape index (κ1) is 10.8. The number of hydrogen-bond donors (Lipinski definition) is 2. The molecule has 0 aromatic heterocycles. The zero-order valence-electron chi connectivity index (χ0n) is 9.77. The Labute approximate surface area is 96.2 Å². The summed E-state index contributed by atoms with van der Waals surface area (Å²) in [6, 6.07) is 8.56. The summed E-state index contributed by atoms with van der Waals surface area (Å²) in [6.45, 7) is 0. The van der Waals surface area contributed by atoms with Crippen LogP contribution in [0.2, 0.25) is 0 Å². The largest absolute Gasteiger partial charge is 0.378 e. The number of benzene rings is 1. The highest BCUT2D eigenvalue weighted by molar-refractivity contribution is 5.92. The third kappa shape index (κ3) is 2.89. The Kier molecular flexibility index (Phi) is 2.99. The van der Waals surface area contributed by atoms with Crippen LogP contribution in [0.5, 0.6) is 0 Å². The molecule has 1 aromatic carbocycles. The highest BCUT2D eigenvalue weighted by Crippen LogP contribution is 2.23. The summed E-state index contributed by atoms with van der Waals surface area (Å²) in [4.78, 5) is 6.38. The van der Waals surface area contributed by atoms with E-state index in [4.69, 9.17) is 5.73 Å². The van der Waals surface area contributed by atoms with Crippen LogP contribution in [0.4, 0.5) is 11.4 Å². The van der Waals surface area contributed by atoms with Crippen molar-refractivity contribution in [3.05, 3.63) is 24.3 Å². The number of rotatable bonds is 3. The molecular weight excluding hydrogens is 200 g/mol. The normalized spacial score (nSPS) is 16.0. The molecule has 1 saturated carbocycles. The molecule has 1 aliphatic carbocycles. The van der Waals surface area contributed by atoms with Gasteiger partial charge in [0, 0.05) is 25.5 Å². The van der Waals surface area contributed by atoms with Crippen molar-refractivity contribution in [2.45, 2.75) is 18.9 Å². The standard InChI is InChI=1S/C12H18N4/c1-16(2)11-7-5-10(6-8-11)15-12(13)14-9-3-4-9/h5-9H,3-4H2,1-2H3,(H3,13,14,15). The van der Waals surface area contributed by atoms with E-state index in [1.54, 1.807) is 0 Å². The number of nitrogens with zero attached hydrogens (tertiary/aromatic N) is 2. The minimum absolute atomic E-state index is 0.452. The van der Waals surface area contributed by atoms with Gasteiger partial charge in [-0.25, -0.2) is 4.99 Å². The van der Waals surface area contributed by atoms with E-state index in [0.29, 0.717) is 12.0 Å². The van der Waals surface area contributed by atoms with Gasteiger partial charge in [-0.15, -0.1) is 0 Å². The molecule has 16 heavy (non-hydrogen) atoms. The molecule has 0 radical (unpaired) electrons. The predicted octanol–water partition coefficient (Wildman–Crippen LogP) is 1.64. The van der Waals surface area contributed by atoms with Gasteiger partial charge in [0.25, 0.3) is 0 Å². The Bertz CT molecular complexity index is 377. The molecule has 1 aromatic rings. The van der Waals surface area contributed by atoms with E-state index in [1.165, 1.54) is 18.5 Å². The highest BCUT2D eigenvalue weighted by Gasteiger charge is 2.20. The fourth-order valence-corrected chi connectivity index (χ4v) is 1.42. The van der Waals surface area contributed by atoms with E-state index in [1.807, 2.05) is 38.4 Å². The maximum absolute atomic E-state index is 5.77. The second-order valence-corrected chi connectivity index (χ2v) is 4.31. The third-order valence-electron chi connectivity index (χ3n) is 2.52. The summed E-state index contributed by atoms with van der Waals surface area (Å²) in [5.74, 6) is 0.514. The van der Waals surface area contributed by atoms with Crippen molar-refractivity contribution in [1.29, 1.82) is 0 Å². The van der Waals surface area contributed by atoms with E-state index >= 15 is 0 Å². The smallest absolute Gasteiger partial charge is 0.193 e. The molecule has 0 aliphatic heterocycles. The van der Waals surface area contributed by atoms with Gasteiger partial charge in [-0.05, 0) is 37.1 Å². The van der Waals surface area contributed by atoms with Crippen LogP contribution in [0.3, 0.4) is 0 Å². The molecule has 3 N–H and O–H groups in total. The molecular formula is C12H18N4. The second-order valence-electron chi connectivity index (χ2n) is 4.31. The number of guanidine groups is 1. The second kappa shape index (κ2) is 4.43. The van der Waals surface area contributed by atoms with Crippen molar-refractivity contribution in [2.24, 2.45) is 10.7 Å². The van der Waals surface area contributed by atoms with E-state index < -0.39 is 0 Å². The minimum Gasteiger partial charge on any atom is -0.378 e. The van der Waals surface area contributed by atoms with Gasteiger partial charge in [-0.3, -0.25) is 0 Å². The number of anilines is 2. The number of hydrogen-bond acceptors (Lipinski definition) is 2. The molecule has 4 nitrogen and oxygen atoms in total. The summed E-state index contributed by atoms with van der Waals surface area (Å²) in [7, 11) is 4.04. The van der Waals surface area contributed by atoms with Gasteiger partial charge < -0.3 is 16.0 Å². The van der Waals surface area contributed by atoms with Crippen LogP contribution in [-0.4, -0.2) is 26.1 Å². The lowest BCUT2D eigenvalue weighted by molar-refractivity contribution is 1.06. The first-order valence-electron chi connectivity index (χ1n) is 5.53. The Hall–Kier alpha value is -1.71.